The molecule has 0 aliphatic carbocycles. The van der Waals surface area contributed by atoms with E-state index in [-0.39, 0.29) is 87.3 Å². The maximum absolute atomic E-state index is 14.2. The van der Waals surface area contributed by atoms with E-state index < -0.39 is 29.5 Å². The number of aliphatic hydroxyl groups excluding tert-OH is 1. The van der Waals surface area contributed by atoms with Gasteiger partial charge in [0.15, 0.2) is 0 Å². The molecule has 5 heterocycles. The lowest BCUT2D eigenvalue weighted by atomic mass is 9.85. The normalized spacial score (nSPS) is 16.2. The van der Waals surface area contributed by atoms with E-state index >= 15 is 0 Å². The number of benzene rings is 3. The van der Waals surface area contributed by atoms with Gasteiger partial charge in [-0.2, -0.15) is 0 Å². The molecule has 0 bridgehead atoms. The number of likely N-dealkylation sites (tertiary alicyclic amines) is 2. The van der Waals surface area contributed by atoms with Crippen LogP contribution in [0, 0.1) is 33.1 Å². The molecule has 26 nitrogen and oxygen atoms in total. The molecule has 8 rings (SSSR count). The van der Waals surface area contributed by atoms with Gasteiger partial charge in [0.2, 0.25) is 23.6 Å². The molecule has 0 saturated carbocycles. The number of aryl methyl sites for hydroxylation is 3. The second kappa shape index (κ2) is 44.3. The van der Waals surface area contributed by atoms with Crippen molar-refractivity contribution in [3.8, 4) is 21.6 Å². The number of piperidine rings is 1. The Morgan fingerprint density at radius 1 is 0.667 bits per heavy atom. The number of rotatable bonds is 45. The van der Waals surface area contributed by atoms with Crippen molar-refractivity contribution in [3.05, 3.63) is 127 Å². The van der Waals surface area contributed by atoms with Crippen LogP contribution in [0.2, 0.25) is 0 Å². The monoisotopic (exact) mass is 1480 g/mol. The number of carbonyl (C=O) groups excluding carboxylic acids is 5. The van der Waals surface area contributed by atoms with E-state index in [1.807, 2.05) is 95.3 Å². The Kier molecular flexibility index (Phi) is 35.2. The number of nitrogens with zero attached hydrogens (tertiary/aromatic N) is 5. The third-order valence-electron chi connectivity index (χ3n) is 18.9. The largest absolute Gasteiger partial charge is 0.391 e. The number of amides is 5. The molecule has 3 aliphatic rings. The lowest BCUT2D eigenvalue weighted by molar-refractivity contribution is -0.144. The summed E-state index contributed by atoms with van der Waals surface area (Å²) in [6.07, 6.45) is 1.10. The molecule has 5 N–H and O–H groups in total. The molecule has 5 amide bonds. The van der Waals surface area contributed by atoms with Crippen molar-refractivity contribution in [2.75, 3.05) is 176 Å². The van der Waals surface area contributed by atoms with E-state index in [0.717, 1.165) is 101 Å². The third kappa shape index (κ3) is 27.3. The molecule has 5 aromatic rings. The molecular weight excluding hydrogens is 1370 g/mol. The predicted octanol–water partition coefficient (Wildman–Crippen LogP) is 6.72. The molecule has 3 fully saturated rings. The van der Waals surface area contributed by atoms with E-state index in [0.29, 0.717) is 136 Å². The number of H-pyrrole nitrogens is 1. The summed E-state index contributed by atoms with van der Waals surface area (Å²) in [5.74, 6) is -1.34. The van der Waals surface area contributed by atoms with Gasteiger partial charge < -0.3 is 88.1 Å². The summed E-state index contributed by atoms with van der Waals surface area (Å²) < 4.78 is 56.2. The van der Waals surface area contributed by atoms with Gasteiger partial charge in [-0.15, -0.1) is 11.3 Å². The van der Waals surface area contributed by atoms with Crippen molar-refractivity contribution in [3.63, 3.8) is 0 Å². The molecule has 0 radical (unpaired) electrons. The van der Waals surface area contributed by atoms with E-state index in [9.17, 15) is 33.9 Å². The number of aromatic nitrogens is 2. The van der Waals surface area contributed by atoms with Crippen LogP contribution in [0.4, 0.5) is 5.69 Å². The summed E-state index contributed by atoms with van der Waals surface area (Å²) in [7, 11) is 0. The average Bonchev–Trinajstić information content (AvgIpc) is 1.38. The number of morpholine rings is 1. The van der Waals surface area contributed by atoms with Crippen molar-refractivity contribution < 1.29 is 76.4 Å². The molecular formula is C78H113N9O17S. The van der Waals surface area contributed by atoms with Crippen LogP contribution in [-0.2, 0) is 86.2 Å². The minimum atomic E-state index is -0.937. The number of aliphatic hydroxyl groups is 1. The Bertz CT molecular complexity index is 3540. The van der Waals surface area contributed by atoms with E-state index in [1.54, 1.807) is 11.3 Å². The Labute approximate surface area is 622 Å². The number of anilines is 1. The van der Waals surface area contributed by atoms with E-state index in [1.165, 1.54) is 10.5 Å². The average molecular weight is 1480 g/mol. The lowest BCUT2D eigenvalue weighted by Gasteiger charge is -2.40. The van der Waals surface area contributed by atoms with Crippen LogP contribution in [-0.4, -0.2) is 255 Å². The van der Waals surface area contributed by atoms with Crippen molar-refractivity contribution >= 4 is 46.6 Å². The van der Waals surface area contributed by atoms with Crippen molar-refractivity contribution in [1.82, 2.24) is 40.6 Å². The molecule has 105 heavy (non-hydrogen) atoms. The molecule has 578 valence electrons. The number of aromatic amines is 1. The lowest BCUT2D eigenvalue weighted by Crippen LogP contribution is -2.57. The Hall–Kier alpha value is -7.09. The van der Waals surface area contributed by atoms with Gasteiger partial charge in [0, 0.05) is 100 Å². The van der Waals surface area contributed by atoms with Crippen LogP contribution < -0.4 is 26.4 Å². The summed E-state index contributed by atoms with van der Waals surface area (Å²) in [5.41, 5.74) is 11.5. The second-order valence-electron chi connectivity index (χ2n) is 27.7. The van der Waals surface area contributed by atoms with Gasteiger partial charge in [-0.25, -0.2) is 4.98 Å². The molecule has 0 spiro atoms. The number of pyridine rings is 1. The smallest absolute Gasteiger partial charge is 0.253 e. The number of hydrogen-bond acceptors (Lipinski definition) is 21. The number of ether oxygens (including phenoxy) is 10. The quantitative estimate of drug-likeness (QED) is 0.0253. The maximum Gasteiger partial charge on any atom is 0.253 e. The first-order valence-electron chi connectivity index (χ1n) is 37.1. The van der Waals surface area contributed by atoms with Gasteiger partial charge in [0.25, 0.3) is 11.5 Å². The topological polar surface area (TPSA) is 293 Å². The summed E-state index contributed by atoms with van der Waals surface area (Å²) in [6, 6.07) is 20.9. The summed E-state index contributed by atoms with van der Waals surface area (Å²) in [5, 5.41) is 19.4. The molecule has 3 atom stereocenters. The van der Waals surface area contributed by atoms with Crippen LogP contribution in [0.1, 0.15) is 109 Å². The van der Waals surface area contributed by atoms with Gasteiger partial charge in [-0.1, -0.05) is 69.3 Å². The predicted molar refractivity (Wildman–Crippen MR) is 401 cm³/mol. The number of carbonyl (C=O) groups is 5. The fraction of sp³-hybridized carbons (Fsp3) is 0.603. The Morgan fingerprint density at radius 3 is 1.72 bits per heavy atom. The first kappa shape index (κ1) is 83.5. The van der Waals surface area contributed by atoms with Gasteiger partial charge in [0.05, 0.1) is 161 Å². The number of hydrogen-bond donors (Lipinski definition) is 5. The van der Waals surface area contributed by atoms with Crippen molar-refractivity contribution in [1.29, 1.82) is 0 Å². The van der Waals surface area contributed by atoms with Gasteiger partial charge >= 0.3 is 0 Å². The van der Waals surface area contributed by atoms with E-state index in [2.05, 4.69) is 73.0 Å². The highest BCUT2D eigenvalue weighted by Crippen LogP contribution is 2.35. The zero-order chi connectivity index (χ0) is 74.9. The Balaban J connectivity index is 0.585. The first-order chi connectivity index (χ1) is 50.8. The molecule has 27 heteroatoms. The molecule has 3 aliphatic heterocycles. The molecule has 3 saturated heterocycles. The summed E-state index contributed by atoms with van der Waals surface area (Å²) >= 11 is 1.57. The van der Waals surface area contributed by atoms with Crippen LogP contribution in [0.15, 0.2) is 77.0 Å². The van der Waals surface area contributed by atoms with Gasteiger partial charge in [0.1, 0.15) is 12.1 Å². The highest BCUT2D eigenvalue weighted by Gasteiger charge is 2.44. The fourth-order valence-corrected chi connectivity index (χ4v) is 13.8. The van der Waals surface area contributed by atoms with Gasteiger partial charge in [-0.3, -0.25) is 33.7 Å². The highest BCUT2D eigenvalue weighted by molar-refractivity contribution is 7.13. The van der Waals surface area contributed by atoms with Gasteiger partial charge in [-0.05, 0) is 110 Å². The van der Waals surface area contributed by atoms with Crippen molar-refractivity contribution in [2.24, 2.45) is 5.41 Å². The minimum absolute atomic E-state index is 0.0115. The molecule has 3 aromatic carbocycles. The van der Waals surface area contributed by atoms with E-state index in [4.69, 9.17) is 47.4 Å². The fourth-order valence-electron chi connectivity index (χ4n) is 13.0. The SMILES string of the molecule is CCN(c1cc(-c2ccc(CN3CCOCC3)cc2)cc(C(=O)NCc2c(C)cc(C)[nH]c2=O)c1C)C1CCN(C(=O)CCOCCOCCOCCOCCOCCOCCOCCOCCOCCC(=O)N[C@@H](C(=O)N2C[C@H](O)C[C@H]2C(=O)NCc2ccc(-c3scnc3C)cc2)C(C)(C)C)CC1. The Morgan fingerprint density at radius 2 is 1.20 bits per heavy atom. The van der Waals surface area contributed by atoms with Crippen LogP contribution in [0.25, 0.3) is 21.6 Å². The van der Waals surface area contributed by atoms with Crippen LogP contribution in [0.3, 0.4) is 0 Å². The molecule has 2 aromatic heterocycles. The number of β-amino-alcohol motifs (C(OH)–C–C–N with tert-alkyl or cyclic N) is 1. The zero-order valence-corrected chi connectivity index (χ0v) is 63.7. The summed E-state index contributed by atoms with van der Waals surface area (Å²) in [6.45, 7) is 28.5. The summed E-state index contributed by atoms with van der Waals surface area (Å²) in [4.78, 5) is 97.3. The number of nitrogens with one attached hydrogen (secondary N) is 4. The number of thiazole rings is 1. The first-order valence-corrected chi connectivity index (χ1v) is 38.0. The standard InChI is InChI=1S/C78H113N9O17S/c1-9-86(68-48-63(61-14-12-60(13-15-61)52-84-24-28-97-29-25-84)47-66(57(68)4)74(91)80-51-67-55(2)46-56(3)82-75(67)92)64-18-22-85(23-19-64)71(90)21-27-96-31-33-99-35-37-101-39-41-103-43-45-104-44-42-102-40-38-100-36-34-98-32-30-95-26-20-70(89)83-73(78(6,7)8)77(94)87-53-65(88)49-69(87)76(93)79-50-59-10-16-62(17-11-59)72-58(5)81-54-105-72/h10-17,46-48,54,64-65,69,73,88H,9,18-45,49-53H2,1-8H3,(H,79,93)(H,80,91)(H,82,92)(H,83,89)/t65-,69+,73+/m1/s1. The van der Waals surface area contributed by atoms with Crippen LogP contribution >= 0.6 is 11.3 Å². The third-order valence-corrected chi connectivity index (χ3v) is 19.8. The van der Waals surface area contributed by atoms with Crippen molar-refractivity contribution in [2.45, 2.75) is 131 Å². The zero-order valence-electron chi connectivity index (χ0n) is 62.9. The maximum atomic E-state index is 14.2. The van der Waals surface area contributed by atoms with Crippen LogP contribution in [0.5, 0.6) is 0 Å². The second-order valence-corrected chi connectivity index (χ2v) is 28.6. The highest BCUT2D eigenvalue weighted by atomic mass is 32.1. The minimum Gasteiger partial charge on any atom is -0.391 e. The molecule has 0 unspecified atom stereocenters.